The maximum Gasteiger partial charge on any atom is 0.306 e. The number of allylic oxidation sites excluding steroid dienone is 2. The van der Waals surface area contributed by atoms with E-state index < -0.39 is 23.8 Å². The first-order valence-corrected chi connectivity index (χ1v) is 15.5. The van der Waals surface area contributed by atoms with Crippen molar-refractivity contribution in [2.24, 2.45) is 11.8 Å². The van der Waals surface area contributed by atoms with E-state index in [4.69, 9.17) is 19.7 Å². The number of nitrogens with one attached hydrogen (secondary N) is 1. The lowest BCUT2D eigenvalue weighted by Crippen LogP contribution is -2.28. The second-order valence-corrected chi connectivity index (χ2v) is 12.2. The molecule has 1 amide bonds. The quantitative estimate of drug-likeness (QED) is 0.171. The van der Waals surface area contributed by atoms with Crippen LogP contribution >= 0.6 is 0 Å². The Bertz CT molecular complexity index is 1480. The molecule has 0 aromatic heterocycles. The molecule has 2 aromatic carbocycles. The Morgan fingerprint density at radius 1 is 0.844 bits per heavy atom. The van der Waals surface area contributed by atoms with E-state index in [1.807, 2.05) is 12.1 Å². The van der Waals surface area contributed by atoms with Crippen LogP contribution in [0, 0.1) is 11.8 Å². The highest BCUT2D eigenvalue weighted by molar-refractivity contribution is 5.85. The normalized spacial score (nSPS) is 14.9. The average molecular weight is 621 g/mol. The van der Waals surface area contributed by atoms with Crippen molar-refractivity contribution in [3.05, 3.63) is 63.7 Å². The first-order valence-electron chi connectivity index (χ1n) is 15.5. The molecular weight excluding hydrogens is 576 g/mol. The molecule has 0 saturated heterocycles. The van der Waals surface area contributed by atoms with Crippen molar-refractivity contribution < 1.29 is 38.9 Å². The first kappa shape index (κ1) is 33.6. The summed E-state index contributed by atoms with van der Waals surface area (Å²) in [6.45, 7) is 4.74. The number of amides is 1. The molecule has 1 aliphatic heterocycles. The van der Waals surface area contributed by atoms with Crippen molar-refractivity contribution in [1.29, 1.82) is 0 Å². The summed E-state index contributed by atoms with van der Waals surface area (Å²) in [5.74, 6) is -1.98. The fourth-order valence-corrected chi connectivity index (χ4v) is 5.97. The summed E-state index contributed by atoms with van der Waals surface area (Å²) in [4.78, 5) is 49.0. The topological polar surface area (TPSA) is 142 Å². The van der Waals surface area contributed by atoms with Gasteiger partial charge in [0.15, 0.2) is 0 Å². The van der Waals surface area contributed by atoms with Gasteiger partial charge in [0.25, 0.3) is 0 Å². The second-order valence-electron chi connectivity index (χ2n) is 12.2. The lowest BCUT2D eigenvalue weighted by atomic mass is 9.86. The molecule has 0 saturated carbocycles. The maximum atomic E-state index is 12.6. The van der Waals surface area contributed by atoms with Gasteiger partial charge in [0.2, 0.25) is 5.91 Å². The van der Waals surface area contributed by atoms with Crippen LogP contribution in [0.5, 0.6) is 11.5 Å². The van der Waals surface area contributed by atoms with E-state index in [2.05, 4.69) is 23.5 Å². The predicted molar refractivity (Wildman–Crippen MR) is 170 cm³/mol. The number of benzene rings is 2. The number of carboxylic acids is 2. The van der Waals surface area contributed by atoms with Crippen molar-refractivity contribution in [3.8, 4) is 11.5 Å². The number of fused-ring (bicyclic) bond motifs is 2. The molecule has 10 heteroatoms. The number of hydrogen-bond acceptors (Lipinski definition) is 7. The van der Waals surface area contributed by atoms with E-state index in [1.54, 1.807) is 33.0 Å². The van der Waals surface area contributed by atoms with E-state index >= 15 is 0 Å². The molecule has 10 nitrogen and oxygen atoms in total. The molecule has 0 fully saturated rings. The minimum atomic E-state index is -0.971. The molecular formula is C35H44N2O8. The summed E-state index contributed by atoms with van der Waals surface area (Å²) in [6.07, 6.45) is 6.53. The third kappa shape index (κ3) is 8.65. The summed E-state index contributed by atoms with van der Waals surface area (Å²) in [6, 6.07) is 8.26. The number of aryl methyl sites for hydroxylation is 1. The molecule has 2 aromatic rings. The van der Waals surface area contributed by atoms with Gasteiger partial charge in [-0.3, -0.25) is 19.2 Å². The molecule has 1 heterocycles. The van der Waals surface area contributed by atoms with Gasteiger partial charge in [-0.25, -0.2) is 0 Å². The fraction of sp³-hybridized carbons (Fsp3) is 0.486. The number of ether oxygens (including phenoxy) is 2. The fourth-order valence-electron chi connectivity index (χ4n) is 5.97. The van der Waals surface area contributed by atoms with Crippen LogP contribution in [0.25, 0.3) is 0 Å². The van der Waals surface area contributed by atoms with Crippen molar-refractivity contribution in [2.75, 3.05) is 26.1 Å². The van der Waals surface area contributed by atoms with E-state index in [1.165, 1.54) is 5.56 Å². The Hall–Kier alpha value is -4.34. The third-order valence-corrected chi connectivity index (χ3v) is 8.70. The summed E-state index contributed by atoms with van der Waals surface area (Å²) in [5, 5.41) is 21.7. The first-order chi connectivity index (χ1) is 21.5. The average Bonchev–Trinajstić information content (AvgIpc) is 3.43. The van der Waals surface area contributed by atoms with Crippen LogP contribution in [0.2, 0.25) is 0 Å². The molecule has 1 aliphatic carbocycles. The lowest BCUT2D eigenvalue weighted by Gasteiger charge is -2.20. The SMILES string of the molecule is COc1cc2c(cc1CCCCNc1cc3c(cc1OC)CN(C(=O)C[C@H](C)C(=O)O)C3)CC=C(CC(=O)C[C@H](C)C(=O)O)C2. The van der Waals surface area contributed by atoms with Crippen molar-refractivity contribution in [1.82, 2.24) is 4.90 Å². The van der Waals surface area contributed by atoms with Crippen LogP contribution in [-0.2, 0) is 51.5 Å². The molecule has 2 atom stereocenters. The summed E-state index contributed by atoms with van der Waals surface area (Å²) in [5.41, 5.74) is 7.46. The molecule has 4 rings (SSSR count). The van der Waals surface area contributed by atoms with Crippen molar-refractivity contribution in [3.63, 3.8) is 0 Å². The number of carbonyl (C=O) groups is 4. The molecule has 0 spiro atoms. The molecule has 242 valence electrons. The summed E-state index contributed by atoms with van der Waals surface area (Å²) >= 11 is 0. The number of unbranched alkanes of at least 4 members (excludes halogenated alkanes) is 1. The number of carbonyl (C=O) groups excluding carboxylic acids is 2. The molecule has 2 aliphatic rings. The molecule has 3 N–H and O–H groups in total. The summed E-state index contributed by atoms with van der Waals surface area (Å²) in [7, 11) is 3.29. The zero-order valence-corrected chi connectivity index (χ0v) is 26.6. The van der Waals surface area contributed by atoms with Gasteiger partial charge in [0.05, 0.1) is 31.7 Å². The number of nitrogens with zero attached hydrogens (tertiary/aromatic N) is 1. The number of methoxy groups -OCH3 is 2. The number of ketones is 1. The Balaban J connectivity index is 1.29. The van der Waals surface area contributed by atoms with E-state index in [0.29, 0.717) is 25.3 Å². The van der Waals surface area contributed by atoms with Crippen LogP contribution in [0.3, 0.4) is 0 Å². The largest absolute Gasteiger partial charge is 0.496 e. The van der Waals surface area contributed by atoms with Gasteiger partial charge in [0.1, 0.15) is 17.3 Å². The molecule has 0 radical (unpaired) electrons. The van der Waals surface area contributed by atoms with Crippen LogP contribution in [0.4, 0.5) is 5.69 Å². The van der Waals surface area contributed by atoms with Gasteiger partial charge < -0.3 is 29.9 Å². The second kappa shape index (κ2) is 15.1. The highest BCUT2D eigenvalue weighted by atomic mass is 16.5. The van der Waals surface area contributed by atoms with Gasteiger partial charge in [-0.05, 0) is 78.1 Å². The van der Waals surface area contributed by atoms with Crippen LogP contribution in [0.1, 0.15) is 73.8 Å². The lowest BCUT2D eigenvalue weighted by molar-refractivity contribution is -0.145. The van der Waals surface area contributed by atoms with Gasteiger partial charge in [-0.1, -0.05) is 31.6 Å². The smallest absolute Gasteiger partial charge is 0.306 e. The van der Waals surface area contributed by atoms with Crippen LogP contribution < -0.4 is 14.8 Å². The monoisotopic (exact) mass is 620 g/mol. The minimum Gasteiger partial charge on any atom is -0.496 e. The van der Waals surface area contributed by atoms with Crippen molar-refractivity contribution >= 4 is 29.3 Å². The number of Topliss-reactive ketones (excluding diaryl/α,β-unsaturated/α-hetero) is 1. The Morgan fingerprint density at radius 3 is 2.16 bits per heavy atom. The Kier molecular flexibility index (Phi) is 11.3. The summed E-state index contributed by atoms with van der Waals surface area (Å²) < 4.78 is 11.3. The molecule has 0 unspecified atom stereocenters. The Morgan fingerprint density at radius 2 is 1.49 bits per heavy atom. The van der Waals surface area contributed by atoms with Crippen molar-refractivity contribution in [2.45, 2.75) is 78.3 Å². The highest BCUT2D eigenvalue weighted by Crippen LogP contribution is 2.35. The highest BCUT2D eigenvalue weighted by Gasteiger charge is 2.27. The zero-order valence-electron chi connectivity index (χ0n) is 26.6. The van der Waals surface area contributed by atoms with E-state index in [9.17, 15) is 19.2 Å². The minimum absolute atomic E-state index is 0.0190. The van der Waals surface area contributed by atoms with Gasteiger partial charge in [0, 0.05) is 38.9 Å². The number of hydrogen-bond donors (Lipinski definition) is 3. The molecule has 45 heavy (non-hydrogen) atoms. The standard InChI is InChI=1S/C35H44N2O8/c1-21(34(40)41)11-29(38)14-23-8-9-24-15-25(31(44-3)17-26(24)13-23)7-5-6-10-36-30-16-27-19-37(20-28(27)18-32(30)45-4)33(39)12-22(2)35(42)43/h8,15-18,21-22,36H,5-7,9-14,19-20H2,1-4H3,(H,40,41)(H,42,43)/t21-,22-/m0/s1. The number of carboxylic acid groups (broad SMARTS) is 2. The number of anilines is 1. The van der Waals surface area contributed by atoms with Gasteiger partial charge in [-0.2, -0.15) is 0 Å². The van der Waals surface area contributed by atoms with Crippen LogP contribution in [-0.4, -0.2) is 59.5 Å². The van der Waals surface area contributed by atoms with Gasteiger partial charge >= 0.3 is 11.9 Å². The molecule has 0 bridgehead atoms. The predicted octanol–water partition coefficient (Wildman–Crippen LogP) is 5.19. The number of aliphatic carboxylic acids is 2. The van der Waals surface area contributed by atoms with Crippen LogP contribution in [0.15, 0.2) is 35.9 Å². The van der Waals surface area contributed by atoms with Gasteiger partial charge in [-0.15, -0.1) is 0 Å². The van der Waals surface area contributed by atoms with E-state index in [-0.39, 0.29) is 31.0 Å². The third-order valence-electron chi connectivity index (χ3n) is 8.70. The van der Waals surface area contributed by atoms with E-state index in [0.717, 1.165) is 71.5 Å². The zero-order chi connectivity index (χ0) is 32.7. The number of rotatable bonds is 16. The Labute approximate surface area is 264 Å². The maximum absolute atomic E-state index is 12.6.